The molecule has 0 unspecified atom stereocenters. The van der Waals surface area contributed by atoms with Gasteiger partial charge in [-0.15, -0.1) is 0 Å². The van der Waals surface area contributed by atoms with E-state index >= 15 is 0 Å². The fourth-order valence-corrected chi connectivity index (χ4v) is 2.04. The zero-order valence-corrected chi connectivity index (χ0v) is 10.6. The van der Waals surface area contributed by atoms with E-state index in [0.717, 1.165) is 5.39 Å². The zero-order chi connectivity index (χ0) is 13.9. The first-order valence-electron chi connectivity index (χ1n) is 6.22. The summed E-state index contributed by atoms with van der Waals surface area (Å²) in [4.78, 5) is 24.3. The first kappa shape index (κ1) is 12.2. The number of fused-ring (bicyclic) bond motifs is 1. The number of pyridine rings is 1. The van der Waals surface area contributed by atoms with Crippen LogP contribution in [0.15, 0.2) is 71.7 Å². The van der Waals surface area contributed by atoms with Gasteiger partial charge in [0.1, 0.15) is 0 Å². The molecule has 2 aromatic carbocycles. The van der Waals surface area contributed by atoms with Gasteiger partial charge >= 0.3 is 0 Å². The van der Waals surface area contributed by atoms with Gasteiger partial charge in [-0.3, -0.25) is 15.0 Å². The largest absolute Gasteiger partial charge is 0.277 e. The Morgan fingerprint density at radius 3 is 2.40 bits per heavy atom. The lowest BCUT2D eigenvalue weighted by Gasteiger charge is -2.09. The van der Waals surface area contributed by atoms with Gasteiger partial charge in [-0.05, 0) is 29.7 Å². The van der Waals surface area contributed by atoms with Gasteiger partial charge in [-0.1, -0.05) is 36.4 Å². The smallest absolute Gasteiger partial charge is 0.267 e. The summed E-state index contributed by atoms with van der Waals surface area (Å²) in [5.41, 5.74) is 2.85. The molecule has 1 heterocycles. The maximum Gasteiger partial charge on any atom is 0.277 e. The van der Waals surface area contributed by atoms with Crippen LogP contribution < -0.4 is 11.0 Å². The molecule has 0 saturated carbocycles. The Kier molecular flexibility index (Phi) is 3.05. The number of hydrogen-bond donors (Lipinski definition) is 1. The molecule has 4 heteroatoms. The molecule has 1 N–H and O–H groups in total. The van der Waals surface area contributed by atoms with Crippen LogP contribution in [0.3, 0.4) is 0 Å². The van der Waals surface area contributed by atoms with Crippen LogP contribution in [0, 0.1) is 0 Å². The predicted octanol–water partition coefficient (Wildman–Crippen LogP) is 2.39. The highest BCUT2D eigenvalue weighted by Gasteiger charge is 2.07. The first-order valence-corrected chi connectivity index (χ1v) is 6.22. The van der Waals surface area contributed by atoms with E-state index in [1.807, 2.05) is 18.2 Å². The van der Waals surface area contributed by atoms with Crippen LogP contribution in [0.25, 0.3) is 10.8 Å². The van der Waals surface area contributed by atoms with Crippen LogP contribution >= 0.6 is 0 Å². The maximum atomic E-state index is 12.2. The van der Waals surface area contributed by atoms with E-state index in [1.54, 1.807) is 48.7 Å². The number of aromatic nitrogens is 1. The second kappa shape index (κ2) is 5.01. The van der Waals surface area contributed by atoms with Crippen molar-refractivity contribution in [1.29, 1.82) is 0 Å². The monoisotopic (exact) mass is 264 g/mol. The molecule has 3 rings (SSSR count). The summed E-state index contributed by atoms with van der Waals surface area (Å²) in [5.74, 6) is -0.317. The van der Waals surface area contributed by atoms with Gasteiger partial charge in [-0.2, -0.15) is 0 Å². The molecule has 1 amide bonds. The van der Waals surface area contributed by atoms with Crippen LogP contribution in [-0.4, -0.2) is 10.6 Å². The van der Waals surface area contributed by atoms with E-state index in [9.17, 15) is 9.59 Å². The Bertz CT molecular complexity index is 823. The summed E-state index contributed by atoms with van der Waals surface area (Å²) in [6.45, 7) is 0. The molecular weight excluding hydrogens is 252 g/mol. The van der Waals surface area contributed by atoms with Crippen LogP contribution in [0.1, 0.15) is 10.4 Å². The molecule has 0 radical (unpaired) electrons. The van der Waals surface area contributed by atoms with Crippen LogP contribution in [-0.2, 0) is 0 Å². The highest BCUT2D eigenvalue weighted by Crippen LogP contribution is 2.07. The third-order valence-corrected chi connectivity index (χ3v) is 3.07. The lowest BCUT2D eigenvalue weighted by Crippen LogP contribution is -2.32. The Morgan fingerprint density at radius 2 is 1.60 bits per heavy atom. The van der Waals surface area contributed by atoms with Crippen LogP contribution in [0.2, 0.25) is 0 Å². The van der Waals surface area contributed by atoms with Crippen molar-refractivity contribution in [2.24, 2.45) is 0 Å². The topological polar surface area (TPSA) is 51.1 Å². The summed E-state index contributed by atoms with van der Waals surface area (Å²) in [6, 6.07) is 17.8. The lowest BCUT2D eigenvalue weighted by molar-refractivity contribution is 0.101. The molecule has 98 valence electrons. The average molecular weight is 264 g/mol. The lowest BCUT2D eigenvalue weighted by atomic mass is 10.2. The van der Waals surface area contributed by atoms with Crippen molar-refractivity contribution in [2.45, 2.75) is 0 Å². The molecule has 3 aromatic rings. The number of hydrogen-bond acceptors (Lipinski definition) is 2. The first-order chi connectivity index (χ1) is 9.75. The molecule has 0 atom stereocenters. The molecule has 1 aromatic heterocycles. The van der Waals surface area contributed by atoms with E-state index in [4.69, 9.17) is 0 Å². The standard InChI is InChI=1S/C16H12N2O2/c19-15(13-7-2-1-3-8-13)17-18-11-10-12-6-4-5-9-14(12)16(18)20/h1-11H,(H,17,19). The molecule has 0 spiro atoms. The van der Waals surface area contributed by atoms with Crippen molar-refractivity contribution in [3.63, 3.8) is 0 Å². The van der Waals surface area contributed by atoms with Gasteiger partial charge < -0.3 is 0 Å². The summed E-state index contributed by atoms with van der Waals surface area (Å²) in [6.07, 6.45) is 1.56. The molecule has 0 bridgehead atoms. The number of amides is 1. The SMILES string of the molecule is O=C(Nn1ccc2ccccc2c1=O)c1ccccc1. The molecule has 4 nitrogen and oxygen atoms in total. The van der Waals surface area contributed by atoms with Gasteiger partial charge in [0.2, 0.25) is 0 Å². The Labute approximate surface area is 115 Å². The minimum atomic E-state index is -0.317. The Hall–Kier alpha value is -2.88. The second-order valence-corrected chi connectivity index (χ2v) is 4.39. The maximum absolute atomic E-state index is 12.2. The summed E-state index contributed by atoms with van der Waals surface area (Å²) in [5, 5.41) is 1.42. The fourth-order valence-electron chi connectivity index (χ4n) is 2.04. The van der Waals surface area contributed by atoms with E-state index < -0.39 is 0 Å². The number of rotatable bonds is 2. The molecule has 0 aliphatic carbocycles. The Balaban J connectivity index is 1.98. The molecule has 0 saturated heterocycles. The predicted molar refractivity (Wildman–Crippen MR) is 78.3 cm³/mol. The minimum absolute atomic E-state index is 0.243. The zero-order valence-electron chi connectivity index (χ0n) is 10.6. The second-order valence-electron chi connectivity index (χ2n) is 4.39. The van der Waals surface area contributed by atoms with Crippen molar-refractivity contribution in [3.05, 3.63) is 82.8 Å². The summed E-state index contributed by atoms with van der Waals surface area (Å²) < 4.78 is 1.21. The van der Waals surface area contributed by atoms with Gasteiger partial charge in [-0.25, -0.2) is 4.68 Å². The molecule has 0 fully saturated rings. The number of carbonyl (C=O) groups is 1. The Morgan fingerprint density at radius 1 is 0.900 bits per heavy atom. The van der Waals surface area contributed by atoms with Crippen molar-refractivity contribution >= 4 is 16.7 Å². The minimum Gasteiger partial charge on any atom is -0.267 e. The highest BCUT2D eigenvalue weighted by molar-refractivity contribution is 6.00. The van der Waals surface area contributed by atoms with Crippen molar-refractivity contribution in [2.75, 3.05) is 5.43 Å². The average Bonchev–Trinajstić information content (AvgIpc) is 2.51. The van der Waals surface area contributed by atoms with Gasteiger partial charge in [0.05, 0.1) is 0 Å². The number of benzene rings is 2. The van der Waals surface area contributed by atoms with Crippen molar-refractivity contribution in [3.8, 4) is 0 Å². The van der Waals surface area contributed by atoms with Crippen molar-refractivity contribution < 1.29 is 4.79 Å². The quantitative estimate of drug-likeness (QED) is 0.772. The highest BCUT2D eigenvalue weighted by atomic mass is 16.2. The van der Waals surface area contributed by atoms with Crippen LogP contribution in [0.4, 0.5) is 0 Å². The summed E-state index contributed by atoms with van der Waals surface area (Å²) in [7, 11) is 0. The van der Waals surface area contributed by atoms with Crippen LogP contribution in [0.5, 0.6) is 0 Å². The third kappa shape index (κ3) is 2.19. The molecule has 0 aliphatic rings. The van der Waals surface area contributed by atoms with Crippen molar-refractivity contribution in [1.82, 2.24) is 4.68 Å². The molecular formula is C16H12N2O2. The normalized spacial score (nSPS) is 10.4. The van der Waals surface area contributed by atoms with E-state index in [2.05, 4.69) is 5.43 Å². The van der Waals surface area contributed by atoms with E-state index in [1.165, 1.54) is 4.68 Å². The number of nitrogens with one attached hydrogen (secondary N) is 1. The van der Waals surface area contributed by atoms with Gasteiger partial charge in [0.15, 0.2) is 0 Å². The number of carbonyl (C=O) groups excluding carboxylic acids is 1. The fraction of sp³-hybridized carbons (Fsp3) is 0. The number of nitrogens with zero attached hydrogens (tertiary/aromatic N) is 1. The van der Waals surface area contributed by atoms with E-state index in [0.29, 0.717) is 10.9 Å². The molecule has 0 aliphatic heterocycles. The van der Waals surface area contributed by atoms with E-state index in [-0.39, 0.29) is 11.5 Å². The summed E-state index contributed by atoms with van der Waals surface area (Å²) >= 11 is 0. The molecule has 20 heavy (non-hydrogen) atoms. The van der Waals surface area contributed by atoms with Gasteiger partial charge in [0.25, 0.3) is 11.5 Å². The third-order valence-electron chi connectivity index (χ3n) is 3.07. The van der Waals surface area contributed by atoms with Gasteiger partial charge in [0, 0.05) is 17.1 Å².